The summed E-state index contributed by atoms with van der Waals surface area (Å²) in [4.78, 5) is 8.48. The van der Waals surface area contributed by atoms with E-state index in [1.165, 1.54) is 5.56 Å². The van der Waals surface area contributed by atoms with Gasteiger partial charge in [0.15, 0.2) is 0 Å². The average molecular weight is 219 g/mol. The summed E-state index contributed by atoms with van der Waals surface area (Å²) in [5.74, 6) is 0.201. The summed E-state index contributed by atoms with van der Waals surface area (Å²) in [7, 11) is 0. The van der Waals surface area contributed by atoms with E-state index in [1.54, 1.807) is 23.7 Å². The molecule has 0 fully saturated rings. The van der Waals surface area contributed by atoms with Gasteiger partial charge in [-0.15, -0.1) is 11.3 Å². The van der Waals surface area contributed by atoms with Crippen LogP contribution in [0.4, 0.5) is 0 Å². The zero-order valence-corrected chi connectivity index (χ0v) is 9.37. The number of pyridine rings is 1. The summed E-state index contributed by atoms with van der Waals surface area (Å²) in [6, 6.07) is 3.99. The van der Waals surface area contributed by atoms with Gasteiger partial charge in [0.25, 0.3) is 0 Å². The molecule has 0 aliphatic carbocycles. The lowest BCUT2D eigenvalue weighted by atomic mass is 10.0. The molecule has 78 valence electrons. The summed E-state index contributed by atoms with van der Waals surface area (Å²) >= 11 is 1.67. The standard InChI is InChI=1S/C11H13N3S/c1-8-7-15-11(14-8)10(6-12)9-2-4-13-5-3-9/h2-5,7,10H,6,12H2,1H3. The first-order chi connectivity index (χ1) is 7.31. The first-order valence-corrected chi connectivity index (χ1v) is 5.71. The van der Waals surface area contributed by atoms with E-state index in [0.717, 1.165) is 10.7 Å². The summed E-state index contributed by atoms with van der Waals surface area (Å²) in [5.41, 5.74) is 8.03. The Labute approximate surface area is 93.0 Å². The first kappa shape index (κ1) is 10.3. The largest absolute Gasteiger partial charge is 0.329 e. The van der Waals surface area contributed by atoms with Crippen LogP contribution in [0.25, 0.3) is 0 Å². The molecule has 2 aromatic heterocycles. The second-order valence-corrected chi connectivity index (χ2v) is 4.29. The van der Waals surface area contributed by atoms with Crippen molar-refractivity contribution < 1.29 is 0 Å². The third-order valence-corrected chi connectivity index (χ3v) is 3.36. The van der Waals surface area contributed by atoms with Gasteiger partial charge in [-0.25, -0.2) is 4.98 Å². The fraction of sp³-hybridized carbons (Fsp3) is 0.273. The molecule has 3 nitrogen and oxygen atoms in total. The van der Waals surface area contributed by atoms with Gasteiger partial charge in [-0.2, -0.15) is 0 Å². The van der Waals surface area contributed by atoms with E-state index in [-0.39, 0.29) is 5.92 Å². The van der Waals surface area contributed by atoms with Gasteiger partial charge in [0.05, 0.1) is 0 Å². The number of aromatic nitrogens is 2. The maximum Gasteiger partial charge on any atom is 0.102 e. The molecule has 0 saturated carbocycles. The summed E-state index contributed by atoms with van der Waals surface area (Å²) in [6.07, 6.45) is 3.58. The van der Waals surface area contributed by atoms with Crippen molar-refractivity contribution in [2.45, 2.75) is 12.8 Å². The quantitative estimate of drug-likeness (QED) is 0.858. The molecule has 15 heavy (non-hydrogen) atoms. The molecule has 1 unspecified atom stereocenters. The van der Waals surface area contributed by atoms with Gasteiger partial charge >= 0.3 is 0 Å². The van der Waals surface area contributed by atoms with E-state index in [4.69, 9.17) is 5.73 Å². The van der Waals surface area contributed by atoms with Gasteiger partial charge in [0.2, 0.25) is 0 Å². The second kappa shape index (κ2) is 4.51. The average Bonchev–Trinajstić information content (AvgIpc) is 2.68. The first-order valence-electron chi connectivity index (χ1n) is 4.83. The molecule has 0 amide bonds. The lowest BCUT2D eigenvalue weighted by Gasteiger charge is -2.11. The highest BCUT2D eigenvalue weighted by molar-refractivity contribution is 7.09. The van der Waals surface area contributed by atoms with Crippen LogP contribution in [0.2, 0.25) is 0 Å². The fourth-order valence-electron chi connectivity index (χ4n) is 1.51. The van der Waals surface area contributed by atoms with E-state index in [2.05, 4.69) is 15.3 Å². The Hall–Kier alpha value is -1.26. The van der Waals surface area contributed by atoms with E-state index in [1.807, 2.05) is 19.1 Å². The Bertz CT molecular complexity index is 424. The van der Waals surface area contributed by atoms with E-state index in [0.29, 0.717) is 6.54 Å². The van der Waals surface area contributed by atoms with Gasteiger partial charge in [-0.1, -0.05) is 0 Å². The maximum absolute atomic E-state index is 5.79. The topological polar surface area (TPSA) is 51.8 Å². The lowest BCUT2D eigenvalue weighted by Crippen LogP contribution is -2.13. The lowest BCUT2D eigenvalue weighted by molar-refractivity contribution is 0.804. The van der Waals surface area contributed by atoms with Gasteiger partial charge in [0.1, 0.15) is 5.01 Å². The number of nitrogens with zero attached hydrogens (tertiary/aromatic N) is 2. The Morgan fingerprint density at radius 1 is 1.40 bits per heavy atom. The molecular formula is C11H13N3S. The van der Waals surface area contributed by atoms with Crippen LogP contribution in [0.15, 0.2) is 29.9 Å². The van der Waals surface area contributed by atoms with Crippen LogP contribution in [0.3, 0.4) is 0 Å². The number of hydrogen-bond donors (Lipinski definition) is 1. The number of hydrogen-bond acceptors (Lipinski definition) is 4. The SMILES string of the molecule is Cc1csc(C(CN)c2ccncc2)n1. The zero-order chi connectivity index (χ0) is 10.7. The summed E-state index contributed by atoms with van der Waals surface area (Å²) in [6.45, 7) is 2.58. The molecule has 0 spiro atoms. The molecule has 0 saturated heterocycles. The van der Waals surface area contributed by atoms with Crippen molar-refractivity contribution in [3.8, 4) is 0 Å². The Morgan fingerprint density at radius 2 is 2.13 bits per heavy atom. The molecule has 2 heterocycles. The predicted octanol–water partition coefficient (Wildman–Crippen LogP) is 1.94. The predicted molar refractivity (Wildman–Crippen MR) is 62.0 cm³/mol. The molecule has 0 aromatic carbocycles. The van der Waals surface area contributed by atoms with Crippen molar-refractivity contribution in [1.82, 2.24) is 9.97 Å². The molecule has 0 bridgehead atoms. The van der Waals surface area contributed by atoms with E-state index in [9.17, 15) is 0 Å². The normalized spacial score (nSPS) is 12.7. The zero-order valence-electron chi connectivity index (χ0n) is 8.55. The fourth-order valence-corrected chi connectivity index (χ4v) is 2.44. The molecule has 0 aliphatic rings. The minimum absolute atomic E-state index is 0.201. The van der Waals surface area contributed by atoms with Crippen molar-refractivity contribution >= 4 is 11.3 Å². The summed E-state index contributed by atoms with van der Waals surface area (Å²) in [5, 5.41) is 3.14. The molecular weight excluding hydrogens is 206 g/mol. The van der Waals surface area contributed by atoms with Gasteiger partial charge in [-0.3, -0.25) is 4.98 Å². The van der Waals surface area contributed by atoms with Gasteiger partial charge < -0.3 is 5.73 Å². The summed E-state index contributed by atoms with van der Waals surface area (Å²) < 4.78 is 0. The third kappa shape index (κ3) is 2.22. The van der Waals surface area contributed by atoms with Crippen LogP contribution >= 0.6 is 11.3 Å². The van der Waals surface area contributed by atoms with Crippen LogP contribution < -0.4 is 5.73 Å². The number of thiazole rings is 1. The second-order valence-electron chi connectivity index (χ2n) is 3.40. The van der Waals surface area contributed by atoms with Crippen molar-refractivity contribution in [3.63, 3.8) is 0 Å². The number of rotatable bonds is 3. The van der Waals surface area contributed by atoms with Crippen LogP contribution in [0.5, 0.6) is 0 Å². The third-order valence-electron chi connectivity index (χ3n) is 2.28. The van der Waals surface area contributed by atoms with Crippen molar-refractivity contribution in [2.24, 2.45) is 5.73 Å². The van der Waals surface area contributed by atoms with Crippen molar-refractivity contribution in [2.75, 3.05) is 6.54 Å². The highest BCUT2D eigenvalue weighted by Crippen LogP contribution is 2.25. The highest BCUT2D eigenvalue weighted by atomic mass is 32.1. The van der Waals surface area contributed by atoms with Crippen molar-refractivity contribution in [3.05, 3.63) is 46.2 Å². The number of aryl methyl sites for hydroxylation is 1. The Morgan fingerprint density at radius 3 is 2.67 bits per heavy atom. The molecule has 2 aromatic rings. The van der Waals surface area contributed by atoms with Crippen LogP contribution in [0, 0.1) is 6.92 Å². The highest BCUT2D eigenvalue weighted by Gasteiger charge is 2.15. The molecule has 2 rings (SSSR count). The van der Waals surface area contributed by atoms with E-state index >= 15 is 0 Å². The van der Waals surface area contributed by atoms with Crippen molar-refractivity contribution in [1.29, 1.82) is 0 Å². The van der Waals surface area contributed by atoms with E-state index < -0.39 is 0 Å². The molecule has 1 atom stereocenters. The van der Waals surface area contributed by atoms with Gasteiger partial charge in [0, 0.05) is 35.9 Å². The van der Waals surface area contributed by atoms with Crippen LogP contribution in [-0.4, -0.2) is 16.5 Å². The van der Waals surface area contributed by atoms with Crippen LogP contribution in [-0.2, 0) is 0 Å². The Balaban J connectivity index is 2.33. The molecule has 0 aliphatic heterocycles. The minimum Gasteiger partial charge on any atom is -0.329 e. The maximum atomic E-state index is 5.79. The monoisotopic (exact) mass is 219 g/mol. The molecule has 0 radical (unpaired) electrons. The van der Waals surface area contributed by atoms with Crippen LogP contribution in [0.1, 0.15) is 22.2 Å². The number of nitrogens with two attached hydrogens (primary N) is 1. The molecule has 4 heteroatoms. The van der Waals surface area contributed by atoms with Gasteiger partial charge in [-0.05, 0) is 24.6 Å². The smallest absolute Gasteiger partial charge is 0.102 e. The Kier molecular flexibility index (Phi) is 3.08. The molecule has 2 N–H and O–H groups in total. The minimum atomic E-state index is 0.201.